The van der Waals surface area contributed by atoms with Gasteiger partial charge in [-0.25, -0.2) is 0 Å². The van der Waals surface area contributed by atoms with Crippen LogP contribution in [0.2, 0.25) is 0 Å². The summed E-state index contributed by atoms with van der Waals surface area (Å²) in [7, 11) is 0. The first kappa shape index (κ1) is 18.1. The summed E-state index contributed by atoms with van der Waals surface area (Å²) < 4.78 is 0. The van der Waals surface area contributed by atoms with Gasteiger partial charge in [-0.3, -0.25) is 14.6 Å². The quantitative estimate of drug-likeness (QED) is 0.904. The van der Waals surface area contributed by atoms with Crippen LogP contribution in [0.25, 0.3) is 0 Å². The van der Waals surface area contributed by atoms with Crippen LogP contribution in [-0.2, 0) is 0 Å². The zero-order valence-corrected chi connectivity index (χ0v) is 15.4. The number of piperidine rings is 1. The molecule has 1 aliphatic heterocycles. The van der Waals surface area contributed by atoms with Crippen LogP contribution >= 0.6 is 0 Å². The molecule has 3 rings (SSSR count). The fraction of sp³-hybridized carbons (Fsp3) is 0.381. The molecule has 1 atom stereocenters. The monoisotopic (exact) mass is 351 g/mol. The first-order valence-corrected chi connectivity index (χ1v) is 9.22. The number of carbonyl (C=O) groups excluding carboxylic acids is 2. The summed E-state index contributed by atoms with van der Waals surface area (Å²) in [6.45, 7) is 4.88. The van der Waals surface area contributed by atoms with Crippen LogP contribution in [0.1, 0.15) is 58.9 Å². The fourth-order valence-corrected chi connectivity index (χ4v) is 3.38. The van der Waals surface area contributed by atoms with Crippen LogP contribution in [0.5, 0.6) is 0 Å². The molecule has 1 aromatic heterocycles. The van der Waals surface area contributed by atoms with Crippen LogP contribution in [0.15, 0.2) is 42.7 Å². The van der Waals surface area contributed by atoms with E-state index in [1.54, 1.807) is 12.3 Å². The lowest BCUT2D eigenvalue weighted by Crippen LogP contribution is -2.43. The van der Waals surface area contributed by atoms with Crippen LogP contribution < -0.4 is 5.32 Å². The number of likely N-dealkylation sites (tertiary alicyclic amines) is 1. The summed E-state index contributed by atoms with van der Waals surface area (Å²) in [5.41, 5.74) is 2.71. The lowest BCUT2D eigenvalue weighted by molar-refractivity contribution is 0.0607. The lowest BCUT2D eigenvalue weighted by Gasteiger charge is -2.35. The van der Waals surface area contributed by atoms with Gasteiger partial charge >= 0.3 is 0 Å². The molecular weight excluding hydrogens is 326 g/mol. The molecule has 2 amide bonds. The van der Waals surface area contributed by atoms with Crippen LogP contribution in [0.4, 0.5) is 5.69 Å². The van der Waals surface area contributed by atoms with E-state index in [0.29, 0.717) is 11.1 Å². The third-order valence-corrected chi connectivity index (χ3v) is 4.92. The van der Waals surface area contributed by atoms with Gasteiger partial charge in [-0.15, -0.1) is 0 Å². The van der Waals surface area contributed by atoms with Crippen molar-refractivity contribution in [3.05, 3.63) is 59.4 Å². The lowest BCUT2D eigenvalue weighted by atomic mass is 9.99. The zero-order chi connectivity index (χ0) is 18.5. The van der Waals surface area contributed by atoms with Crippen LogP contribution in [0, 0.1) is 6.92 Å². The van der Waals surface area contributed by atoms with Gasteiger partial charge in [0.15, 0.2) is 0 Å². The van der Waals surface area contributed by atoms with E-state index in [4.69, 9.17) is 0 Å². The molecule has 0 radical (unpaired) electrons. The second-order valence-corrected chi connectivity index (χ2v) is 6.84. The van der Waals surface area contributed by atoms with Crippen molar-refractivity contribution >= 4 is 17.5 Å². The van der Waals surface area contributed by atoms with Gasteiger partial charge in [-0.1, -0.05) is 24.6 Å². The van der Waals surface area contributed by atoms with Gasteiger partial charge in [0.05, 0.1) is 11.1 Å². The molecule has 1 aromatic carbocycles. The Bertz CT molecular complexity index is 786. The van der Waals surface area contributed by atoms with E-state index in [9.17, 15) is 9.59 Å². The molecule has 1 aliphatic rings. The number of nitrogens with one attached hydrogen (secondary N) is 1. The summed E-state index contributed by atoms with van der Waals surface area (Å²) in [5, 5.41) is 2.85. The maximum absolute atomic E-state index is 12.9. The first-order valence-electron chi connectivity index (χ1n) is 9.22. The molecule has 2 heterocycles. The van der Waals surface area contributed by atoms with Crippen molar-refractivity contribution in [3.8, 4) is 0 Å². The number of rotatable bonds is 4. The van der Waals surface area contributed by atoms with Crippen molar-refractivity contribution in [2.45, 2.75) is 45.6 Å². The molecule has 1 saturated heterocycles. The largest absolute Gasteiger partial charge is 0.336 e. The highest BCUT2D eigenvalue weighted by atomic mass is 16.2. The molecule has 0 aliphatic carbocycles. The van der Waals surface area contributed by atoms with E-state index in [-0.39, 0.29) is 17.9 Å². The number of hydrogen-bond donors (Lipinski definition) is 1. The molecular formula is C21H25N3O2. The minimum absolute atomic E-state index is 0.0333. The van der Waals surface area contributed by atoms with E-state index >= 15 is 0 Å². The summed E-state index contributed by atoms with van der Waals surface area (Å²) in [6.07, 6.45) is 7.24. The molecule has 0 saturated carbocycles. The molecule has 1 N–H and O–H groups in total. The highest BCUT2D eigenvalue weighted by Crippen LogP contribution is 2.22. The van der Waals surface area contributed by atoms with Crippen LogP contribution in [-0.4, -0.2) is 34.3 Å². The normalized spacial score (nSPS) is 17.0. The van der Waals surface area contributed by atoms with Crippen molar-refractivity contribution in [2.24, 2.45) is 0 Å². The standard InChI is InChI=1S/C21H25N3O2/c1-3-19-6-4-5-11-24(19)21(26)17-12-16(13-22-14-17)20(25)23-18-9-7-15(2)8-10-18/h7-10,12-14,19H,3-6,11H2,1-2H3,(H,23,25). The predicted molar refractivity (Wildman–Crippen MR) is 102 cm³/mol. The minimum Gasteiger partial charge on any atom is -0.336 e. The van der Waals surface area contributed by atoms with Gasteiger partial charge < -0.3 is 10.2 Å². The Hall–Kier alpha value is -2.69. The number of aryl methyl sites for hydroxylation is 1. The molecule has 5 nitrogen and oxygen atoms in total. The Morgan fingerprint density at radius 3 is 2.62 bits per heavy atom. The van der Waals surface area contributed by atoms with Crippen molar-refractivity contribution in [3.63, 3.8) is 0 Å². The molecule has 1 fully saturated rings. The van der Waals surface area contributed by atoms with Crippen molar-refractivity contribution in [2.75, 3.05) is 11.9 Å². The fourth-order valence-electron chi connectivity index (χ4n) is 3.38. The second kappa shape index (κ2) is 8.13. The van der Waals surface area contributed by atoms with Gasteiger partial charge in [-0.05, 0) is 50.8 Å². The van der Waals surface area contributed by atoms with Gasteiger partial charge in [0.2, 0.25) is 0 Å². The smallest absolute Gasteiger partial charge is 0.257 e. The number of aromatic nitrogens is 1. The molecule has 26 heavy (non-hydrogen) atoms. The number of hydrogen-bond acceptors (Lipinski definition) is 3. The molecule has 0 spiro atoms. The number of pyridine rings is 1. The zero-order valence-electron chi connectivity index (χ0n) is 15.4. The van der Waals surface area contributed by atoms with E-state index in [1.165, 1.54) is 12.6 Å². The average Bonchev–Trinajstić information content (AvgIpc) is 2.69. The molecule has 1 unspecified atom stereocenters. The first-order chi connectivity index (χ1) is 12.6. The van der Waals surface area contributed by atoms with Crippen molar-refractivity contribution in [1.29, 1.82) is 0 Å². The topological polar surface area (TPSA) is 62.3 Å². The highest BCUT2D eigenvalue weighted by molar-refractivity contribution is 6.05. The Morgan fingerprint density at radius 2 is 1.88 bits per heavy atom. The number of anilines is 1. The molecule has 5 heteroatoms. The Labute approximate surface area is 154 Å². The van der Waals surface area contributed by atoms with Gasteiger partial charge in [0.25, 0.3) is 11.8 Å². The number of carbonyl (C=O) groups is 2. The molecule has 0 bridgehead atoms. The SMILES string of the molecule is CCC1CCCCN1C(=O)c1cncc(C(=O)Nc2ccc(C)cc2)c1. The predicted octanol–water partition coefficient (Wildman–Crippen LogP) is 4.05. The minimum atomic E-state index is -0.262. The summed E-state index contributed by atoms with van der Waals surface area (Å²) in [6, 6.07) is 9.51. The number of nitrogens with zero attached hydrogens (tertiary/aromatic N) is 2. The van der Waals surface area contributed by atoms with E-state index in [2.05, 4.69) is 17.2 Å². The van der Waals surface area contributed by atoms with Crippen molar-refractivity contribution in [1.82, 2.24) is 9.88 Å². The third kappa shape index (κ3) is 4.10. The second-order valence-electron chi connectivity index (χ2n) is 6.84. The molecule has 136 valence electrons. The van der Waals surface area contributed by atoms with Crippen molar-refractivity contribution < 1.29 is 9.59 Å². The number of benzene rings is 1. The summed E-state index contributed by atoms with van der Waals surface area (Å²) in [5.74, 6) is -0.296. The Balaban J connectivity index is 1.75. The Morgan fingerprint density at radius 1 is 1.15 bits per heavy atom. The highest BCUT2D eigenvalue weighted by Gasteiger charge is 2.26. The summed E-state index contributed by atoms with van der Waals surface area (Å²) in [4.78, 5) is 31.4. The third-order valence-electron chi connectivity index (χ3n) is 4.92. The molecule has 2 aromatic rings. The van der Waals surface area contributed by atoms with Crippen LogP contribution in [0.3, 0.4) is 0 Å². The van der Waals surface area contributed by atoms with Gasteiger partial charge in [0, 0.05) is 30.7 Å². The number of amides is 2. The van der Waals surface area contributed by atoms with E-state index in [1.807, 2.05) is 36.1 Å². The Kier molecular flexibility index (Phi) is 5.66. The maximum atomic E-state index is 12.9. The maximum Gasteiger partial charge on any atom is 0.257 e. The summed E-state index contributed by atoms with van der Waals surface area (Å²) >= 11 is 0. The van der Waals surface area contributed by atoms with Gasteiger partial charge in [0.1, 0.15) is 0 Å². The van der Waals surface area contributed by atoms with E-state index < -0.39 is 0 Å². The van der Waals surface area contributed by atoms with E-state index in [0.717, 1.165) is 37.1 Å². The van der Waals surface area contributed by atoms with Gasteiger partial charge in [-0.2, -0.15) is 0 Å². The average molecular weight is 351 g/mol.